The standard InChI is InChI=1S/C24H19F4N7O/c1-3-21(36)33-20-10-16(8-9-19(20)25)31-22-18(14-4-6-15(7-5-14)24(26,27)28)12-29-23(34-22)32-17-11-30-35(2)13-17/h3-13H,1H2,2H3,(H,33,36)(H2,29,31,32,34). The number of nitrogens with one attached hydrogen (secondary N) is 3. The van der Waals surface area contributed by atoms with Crippen molar-refractivity contribution in [2.24, 2.45) is 7.05 Å². The van der Waals surface area contributed by atoms with Gasteiger partial charge in [-0.05, 0) is 42.0 Å². The summed E-state index contributed by atoms with van der Waals surface area (Å²) in [6.07, 6.45) is 1.24. The van der Waals surface area contributed by atoms with Crippen LogP contribution in [0.25, 0.3) is 11.1 Å². The average molecular weight is 497 g/mol. The number of hydrogen-bond acceptors (Lipinski definition) is 6. The average Bonchev–Trinajstić information content (AvgIpc) is 3.25. The smallest absolute Gasteiger partial charge is 0.339 e. The molecule has 0 radical (unpaired) electrons. The highest BCUT2D eigenvalue weighted by atomic mass is 19.4. The van der Waals surface area contributed by atoms with Gasteiger partial charge in [0.25, 0.3) is 0 Å². The summed E-state index contributed by atoms with van der Waals surface area (Å²) in [5.41, 5.74) is 0.889. The van der Waals surface area contributed by atoms with Crippen molar-refractivity contribution in [1.82, 2.24) is 19.7 Å². The molecule has 0 saturated carbocycles. The highest BCUT2D eigenvalue weighted by Crippen LogP contribution is 2.34. The van der Waals surface area contributed by atoms with E-state index in [2.05, 4.69) is 37.6 Å². The normalized spacial score (nSPS) is 11.1. The Morgan fingerprint density at radius 2 is 1.81 bits per heavy atom. The van der Waals surface area contributed by atoms with E-state index in [1.54, 1.807) is 24.1 Å². The molecule has 0 aliphatic rings. The number of aryl methyl sites for hydroxylation is 1. The predicted molar refractivity (Wildman–Crippen MR) is 127 cm³/mol. The summed E-state index contributed by atoms with van der Waals surface area (Å²) < 4.78 is 54.8. The number of halogens is 4. The fraction of sp³-hybridized carbons (Fsp3) is 0.0833. The first kappa shape index (κ1) is 24.4. The van der Waals surface area contributed by atoms with Crippen molar-refractivity contribution in [3.05, 3.63) is 85.1 Å². The molecule has 0 unspecified atom stereocenters. The highest BCUT2D eigenvalue weighted by molar-refractivity contribution is 5.99. The van der Waals surface area contributed by atoms with Crippen molar-refractivity contribution >= 4 is 34.7 Å². The maximum absolute atomic E-state index is 14.2. The van der Waals surface area contributed by atoms with Crippen LogP contribution in [-0.4, -0.2) is 25.7 Å². The van der Waals surface area contributed by atoms with Crippen molar-refractivity contribution < 1.29 is 22.4 Å². The van der Waals surface area contributed by atoms with Gasteiger partial charge in [-0.3, -0.25) is 9.48 Å². The molecule has 0 saturated heterocycles. The largest absolute Gasteiger partial charge is 0.416 e. The molecule has 0 spiro atoms. The van der Waals surface area contributed by atoms with Crippen molar-refractivity contribution in [2.75, 3.05) is 16.0 Å². The molecule has 1 amide bonds. The van der Waals surface area contributed by atoms with Crippen LogP contribution in [0.2, 0.25) is 0 Å². The summed E-state index contributed by atoms with van der Waals surface area (Å²) >= 11 is 0. The second kappa shape index (κ2) is 9.86. The number of anilines is 5. The summed E-state index contributed by atoms with van der Waals surface area (Å²) in [6.45, 7) is 3.34. The maximum atomic E-state index is 14.2. The minimum atomic E-state index is -4.48. The molecule has 0 fully saturated rings. The minimum Gasteiger partial charge on any atom is -0.339 e. The first-order valence-electron chi connectivity index (χ1n) is 10.4. The molecular weight excluding hydrogens is 478 g/mol. The molecule has 184 valence electrons. The van der Waals surface area contributed by atoms with E-state index < -0.39 is 23.5 Å². The minimum absolute atomic E-state index is 0.0938. The predicted octanol–water partition coefficient (Wildman–Crippen LogP) is 5.65. The Balaban J connectivity index is 1.72. The Morgan fingerprint density at radius 1 is 1.06 bits per heavy atom. The third kappa shape index (κ3) is 5.66. The molecule has 3 N–H and O–H groups in total. The molecule has 8 nitrogen and oxygen atoms in total. The van der Waals surface area contributed by atoms with Gasteiger partial charge in [-0.2, -0.15) is 23.3 Å². The van der Waals surface area contributed by atoms with E-state index in [9.17, 15) is 22.4 Å². The van der Waals surface area contributed by atoms with Crippen molar-refractivity contribution in [2.45, 2.75) is 6.18 Å². The van der Waals surface area contributed by atoms with Crippen LogP contribution in [0.3, 0.4) is 0 Å². The second-order valence-corrected chi connectivity index (χ2v) is 7.57. The molecule has 0 aliphatic heterocycles. The third-order valence-electron chi connectivity index (χ3n) is 4.95. The van der Waals surface area contributed by atoms with Crippen LogP contribution in [-0.2, 0) is 18.0 Å². The van der Waals surface area contributed by atoms with Crippen LogP contribution < -0.4 is 16.0 Å². The number of carbonyl (C=O) groups is 1. The number of rotatable bonds is 7. The van der Waals surface area contributed by atoms with Gasteiger partial charge in [0.15, 0.2) is 0 Å². The summed E-state index contributed by atoms with van der Waals surface area (Å²) in [7, 11) is 1.74. The van der Waals surface area contributed by atoms with Gasteiger partial charge in [0.1, 0.15) is 11.6 Å². The van der Waals surface area contributed by atoms with E-state index in [0.29, 0.717) is 22.5 Å². The molecule has 2 heterocycles. The quantitative estimate of drug-likeness (QED) is 0.226. The Hall–Kier alpha value is -4.74. The number of hydrogen-bond donors (Lipinski definition) is 3. The summed E-state index contributed by atoms with van der Waals surface area (Å²) in [5.74, 6) is -0.853. The van der Waals surface area contributed by atoms with Crippen molar-refractivity contribution in [1.29, 1.82) is 0 Å². The molecule has 0 atom stereocenters. The topological polar surface area (TPSA) is 96.8 Å². The zero-order valence-electron chi connectivity index (χ0n) is 18.8. The molecule has 2 aromatic heterocycles. The molecule has 12 heteroatoms. The maximum Gasteiger partial charge on any atom is 0.416 e. The summed E-state index contributed by atoms with van der Waals surface area (Å²) in [5, 5.41) is 12.4. The van der Waals surface area contributed by atoms with Gasteiger partial charge in [0, 0.05) is 30.7 Å². The van der Waals surface area contributed by atoms with E-state index in [0.717, 1.165) is 24.3 Å². The monoisotopic (exact) mass is 497 g/mol. The molecule has 0 bridgehead atoms. The van der Waals surface area contributed by atoms with Gasteiger partial charge in [-0.1, -0.05) is 18.7 Å². The van der Waals surface area contributed by atoms with E-state index in [-0.39, 0.29) is 17.5 Å². The fourth-order valence-corrected chi connectivity index (χ4v) is 3.22. The molecule has 2 aromatic carbocycles. The van der Waals surface area contributed by atoms with Crippen LogP contribution in [0.1, 0.15) is 5.56 Å². The third-order valence-corrected chi connectivity index (χ3v) is 4.95. The SMILES string of the molecule is C=CC(=O)Nc1cc(Nc2nc(Nc3cnn(C)c3)ncc2-c2ccc(C(F)(F)F)cc2)ccc1F. The lowest BCUT2D eigenvalue weighted by molar-refractivity contribution is -0.137. The van der Waals surface area contributed by atoms with Crippen LogP contribution in [0.4, 0.5) is 46.4 Å². The van der Waals surface area contributed by atoms with Gasteiger partial charge < -0.3 is 16.0 Å². The number of amides is 1. The van der Waals surface area contributed by atoms with Gasteiger partial charge in [-0.15, -0.1) is 0 Å². The number of aromatic nitrogens is 4. The van der Waals surface area contributed by atoms with Gasteiger partial charge in [-0.25, -0.2) is 9.37 Å². The van der Waals surface area contributed by atoms with Crippen LogP contribution in [0.15, 0.2) is 73.7 Å². The Bertz CT molecular complexity index is 1410. The van der Waals surface area contributed by atoms with E-state index in [4.69, 9.17) is 0 Å². The lowest BCUT2D eigenvalue weighted by atomic mass is 10.1. The lowest BCUT2D eigenvalue weighted by Crippen LogP contribution is -2.09. The Kier molecular flexibility index (Phi) is 6.68. The first-order valence-corrected chi connectivity index (χ1v) is 10.4. The van der Waals surface area contributed by atoms with Crippen molar-refractivity contribution in [3.63, 3.8) is 0 Å². The number of benzene rings is 2. The summed E-state index contributed by atoms with van der Waals surface area (Å²) in [4.78, 5) is 20.4. The van der Waals surface area contributed by atoms with E-state index in [1.165, 1.54) is 30.5 Å². The lowest BCUT2D eigenvalue weighted by Gasteiger charge is -2.15. The number of alkyl halides is 3. The van der Waals surface area contributed by atoms with Crippen LogP contribution >= 0.6 is 0 Å². The van der Waals surface area contributed by atoms with Crippen LogP contribution in [0, 0.1) is 5.82 Å². The Morgan fingerprint density at radius 3 is 2.44 bits per heavy atom. The highest BCUT2D eigenvalue weighted by Gasteiger charge is 2.30. The summed E-state index contributed by atoms with van der Waals surface area (Å²) in [6, 6.07) is 8.45. The Labute approximate surface area is 202 Å². The fourth-order valence-electron chi connectivity index (χ4n) is 3.22. The second-order valence-electron chi connectivity index (χ2n) is 7.57. The molecule has 0 aliphatic carbocycles. The number of carbonyl (C=O) groups excluding carboxylic acids is 1. The molecular formula is C24H19F4N7O. The zero-order chi connectivity index (χ0) is 25.9. The van der Waals surface area contributed by atoms with Crippen LogP contribution in [0.5, 0.6) is 0 Å². The van der Waals surface area contributed by atoms with E-state index in [1.807, 2.05) is 0 Å². The molecule has 4 aromatic rings. The van der Waals surface area contributed by atoms with Gasteiger partial charge in [0.05, 0.1) is 23.1 Å². The molecule has 36 heavy (non-hydrogen) atoms. The van der Waals surface area contributed by atoms with Gasteiger partial charge in [0.2, 0.25) is 11.9 Å². The number of nitrogens with zero attached hydrogens (tertiary/aromatic N) is 4. The first-order chi connectivity index (χ1) is 17.1. The van der Waals surface area contributed by atoms with Crippen molar-refractivity contribution in [3.8, 4) is 11.1 Å². The molecule has 4 rings (SSSR count). The van der Waals surface area contributed by atoms with Gasteiger partial charge >= 0.3 is 6.18 Å². The zero-order valence-corrected chi connectivity index (χ0v) is 18.8. The van der Waals surface area contributed by atoms with E-state index >= 15 is 0 Å².